The van der Waals surface area contributed by atoms with Crippen LogP contribution in [0.1, 0.15) is 25.7 Å². The molecule has 1 aromatic rings. The fourth-order valence-corrected chi connectivity index (χ4v) is 6.57. The third kappa shape index (κ3) is 3.01. The second kappa shape index (κ2) is 5.27. The second-order valence-corrected chi connectivity index (χ2v) is 9.83. The van der Waals surface area contributed by atoms with Crippen molar-refractivity contribution >= 4 is 48.9 Å². The highest BCUT2D eigenvalue weighted by molar-refractivity contribution is 9.11. The van der Waals surface area contributed by atoms with Crippen LogP contribution in [0.4, 0.5) is 0 Å². The van der Waals surface area contributed by atoms with Gasteiger partial charge in [-0.05, 0) is 47.7 Å². The minimum absolute atomic E-state index is 0.0309. The van der Waals surface area contributed by atoms with Crippen LogP contribution >= 0.6 is 38.9 Å². The van der Waals surface area contributed by atoms with Crippen LogP contribution in [0.3, 0.4) is 0 Å². The number of thiophene rings is 1. The molecule has 2 fully saturated rings. The van der Waals surface area contributed by atoms with Crippen molar-refractivity contribution in [2.24, 2.45) is 0 Å². The number of rotatable bonds is 3. The summed E-state index contributed by atoms with van der Waals surface area (Å²) in [6.07, 6.45) is 4.05. The first-order valence-corrected chi connectivity index (χ1v) is 9.64. The highest BCUT2D eigenvalue weighted by Crippen LogP contribution is 2.35. The molecule has 0 aliphatic carbocycles. The highest BCUT2D eigenvalue weighted by atomic mass is 79.9. The van der Waals surface area contributed by atoms with Gasteiger partial charge in [0.1, 0.15) is 4.21 Å². The van der Waals surface area contributed by atoms with E-state index < -0.39 is 10.0 Å². The van der Waals surface area contributed by atoms with E-state index in [2.05, 4.69) is 26.0 Å². The monoisotopic (exact) mass is 384 g/mol. The van der Waals surface area contributed by atoms with Gasteiger partial charge < -0.3 is 5.32 Å². The Hall–Kier alpha value is 0.340. The van der Waals surface area contributed by atoms with Crippen molar-refractivity contribution in [2.45, 2.75) is 48.0 Å². The molecule has 2 N–H and O–H groups in total. The molecule has 2 aliphatic rings. The lowest BCUT2D eigenvalue weighted by atomic mass is 10.0. The number of hydrogen-bond donors (Lipinski definition) is 2. The third-order valence-corrected chi connectivity index (χ3v) is 8.15. The van der Waals surface area contributed by atoms with Crippen LogP contribution in [0.25, 0.3) is 0 Å². The Morgan fingerprint density at radius 2 is 2.00 bits per heavy atom. The molecule has 8 heteroatoms. The fraction of sp³-hybridized carbons (Fsp3) is 0.636. The lowest BCUT2D eigenvalue weighted by molar-refractivity contribution is 0.345. The van der Waals surface area contributed by atoms with Crippen LogP contribution in [-0.2, 0) is 10.0 Å². The average molecular weight is 386 g/mol. The van der Waals surface area contributed by atoms with Gasteiger partial charge in [0, 0.05) is 18.1 Å². The fourth-order valence-electron chi connectivity index (χ4n) is 2.89. The third-order valence-electron chi connectivity index (χ3n) is 3.68. The number of nitrogens with one attached hydrogen (secondary N) is 2. The van der Waals surface area contributed by atoms with Gasteiger partial charge in [0.15, 0.2) is 0 Å². The molecule has 1 aromatic heterocycles. The summed E-state index contributed by atoms with van der Waals surface area (Å²) in [7, 11) is -3.45. The molecule has 0 amide bonds. The molecule has 3 heterocycles. The maximum atomic E-state index is 12.3. The number of fused-ring (bicyclic) bond motifs is 2. The summed E-state index contributed by atoms with van der Waals surface area (Å²) in [6.45, 7) is 0. The van der Waals surface area contributed by atoms with Crippen molar-refractivity contribution in [1.29, 1.82) is 0 Å². The Kier molecular flexibility index (Phi) is 3.96. The zero-order chi connectivity index (χ0) is 13.6. The minimum atomic E-state index is -3.45. The molecular weight excluding hydrogens is 372 g/mol. The van der Waals surface area contributed by atoms with Crippen LogP contribution in [0.15, 0.2) is 14.1 Å². The van der Waals surface area contributed by atoms with Gasteiger partial charge in [0.05, 0.1) is 8.81 Å². The number of hydrogen-bond acceptors (Lipinski definition) is 4. The van der Waals surface area contributed by atoms with Crippen molar-refractivity contribution in [3.05, 3.63) is 14.9 Å². The molecule has 3 rings (SSSR count). The molecule has 2 aliphatic heterocycles. The molecule has 2 bridgehead atoms. The minimum Gasteiger partial charge on any atom is -0.311 e. The van der Waals surface area contributed by atoms with Crippen LogP contribution in [-0.4, -0.2) is 26.5 Å². The Balaban J connectivity index is 1.75. The molecule has 0 spiro atoms. The maximum absolute atomic E-state index is 12.3. The molecule has 0 radical (unpaired) electrons. The van der Waals surface area contributed by atoms with Gasteiger partial charge in [0.2, 0.25) is 10.0 Å². The van der Waals surface area contributed by atoms with Gasteiger partial charge in [-0.25, -0.2) is 13.1 Å². The van der Waals surface area contributed by atoms with Crippen molar-refractivity contribution < 1.29 is 8.42 Å². The normalized spacial score (nSPS) is 30.7. The van der Waals surface area contributed by atoms with Gasteiger partial charge in [-0.3, -0.25) is 0 Å². The van der Waals surface area contributed by atoms with E-state index >= 15 is 0 Å². The average Bonchev–Trinajstić information content (AvgIpc) is 2.83. The lowest BCUT2D eigenvalue weighted by Crippen LogP contribution is -2.47. The molecule has 0 saturated carbocycles. The van der Waals surface area contributed by atoms with Gasteiger partial charge in [-0.2, -0.15) is 0 Å². The summed E-state index contributed by atoms with van der Waals surface area (Å²) in [6, 6.07) is 2.45. The van der Waals surface area contributed by atoms with E-state index in [9.17, 15) is 8.42 Å². The zero-order valence-corrected chi connectivity index (χ0v) is 14.0. The van der Waals surface area contributed by atoms with Crippen molar-refractivity contribution in [3.63, 3.8) is 0 Å². The van der Waals surface area contributed by atoms with E-state index in [4.69, 9.17) is 11.6 Å². The molecular formula is C11H14BrClN2O2S2. The topological polar surface area (TPSA) is 58.2 Å². The Bertz CT molecular complexity index is 558. The highest BCUT2D eigenvalue weighted by Gasteiger charge is 2.35. The number of sulfonamides is 1. The number of halogens is 2. The molecule has 0 aromatic carbocycles. The first-order valence-electron chi connectivity index (χ1n) is 6.17. The van der Waals surface area contributed by atoms with E-state index in [1.54, 1.807) is 0 Å². The van der Waals surface area contributed by atoms with Gasteiger partial charge in [-0.1, -0.05) is 11.6 Å². The van der Waals surface area contributed by atoms with E-state index in [1.807, 2.05) is 0 Å². The summed E-state index contributed by atoms with van der Waals surface area (Å²) in [5, 5.41) is 3.94. The standard InChI is InChI=1S/C11H14BrClN2O2S2/c12-11-9(13)5-10(18-11)19(16,17)15-8-3-6-1-2-7(4-8)14-6/h5-8,14-15H,1-4H2. The predicted molar refractivity (Wildman–Crippen MR) is 80.3 cm³/mol. The first-order chi connectivity index (χ1) is 8.94. The summed E-state index contributed by atoms with van der Waals surface area (Å²) >= 11 is 10.3. The summed E-state index contributed by atoms with van der Waals surface area (Å²) in [4.78, 5) is 0. The molecule has 106 valence electrons. The van der Waals surface area contributed by atoms with E-state index in [0.717, 1.165) is 37.0 Å². The maximum Gasteiger partial charge on any atom is 0.250 e. The summed E-state index contributed by atoms with van der Waals surface area (Å²) in [5.74, 6) is 0. The van der Waals surface area contributed by atoms with Crippen molar-refractivity contribution in [1.82, 2.24) is 10.0 Å². The Labute approximate surface area is 130 Å². The first kappa shape index (κ1) is 14.3. The van der Waals surface area contributed by atoms with E-state index in [0.29, 0.717) is 20.9 Å². The van der Waals surface area contributed by atoms with Crippen LogP contribution in [0, 0.1) is 0 Å². The van der Waals surface area contributed by atoms with Crippen molar-refractivity contribution in [3.8, 4) is 0 Å². The largest absolute Gasteiger partial charge is 0.311 e. The molecule has 2 atom stereocenters. The SMILES string of the molecule is O=S(=O)(NC1CC2CCC(C1)N2)c1cc(Cl)c(Br)s1. The van der Waals surface area contributed by atoms with Gasteiger partial charge in [0.25, 0.3) is 0 Å². The predicted octanol–water partition coefficient (Wildman–Crippen LogP) is 2.73. The Morgan fingerprint density at radius 1 is 1.37 bits per heavy atom. The van der Waals surface area contributed by atoms with E-state index in [1.165, 1.54) is 6.07 Å². The zero-order valence-electron chi connectivity index (χ0n) is 10.0. The van der Waals surface area contributed by atoms with Gasteiger partial charge in [-0.15, -0.1) is 11.3 Å². The molecule has 2 saturated heterocycles. The lowest BCUT2D eigenvalue weighted by Gasteiger charge is -2.29. The second-order valence-electron chi connectivity index (χ2n) is 5.11. The van der Waals surface area contributed by atoms with E-state index in [-0.39, 0.29) is 10.3 Å². The smallest absolute Gasteiger partial charge is 0.250 e. The summed E-state index contributed by atoms with van der Waals surface area (Å²) in [5.41, 5.74) is 0. The Morgan fingerprint density at radius 3 is 2.53 bits per heavy atom. The van der Waals surface area contributed by atoms with Crippen LogP contribution in [0.5, 0.6) is 0 Å². The molecule has 2 unspecified atom stereocenters. The molecule has 4 nitrogen and oxygen atoms in total. The van der Waals surface area contributed by atoms with Crippen LogP contribution < -0.4 is 10.0 Å². The number of piperidine rings is 1. The summed E-state index contributed by atoms with van der Waals surface area (Å²) < 4.78 is 28.3. The van der Waals surface area contributed by atoms with Crippen LogP contribution in [0.2, 0.25) is 5.02 Å². The van der Waals surface area contributed by atoms with Gasteiger partial charge >= 0.3 is 0 Å². The van der Waals surface area contributed by atoms with Crippen molar-refractivity contribution in [2.75, 3.05) is 0 Å². The quantitative estimate of drug-likeness (QED) is 0.841. The molecule has 19 heavy (non-hydrogen) atoms.